The average molecular weight is 996 g/mol. The summed E-state index contributed by atoms with van der Waals surface area (Å²) < 4.78 is 32.1. The van der Waals surface area contributed by atoms with Crippen LogP contribution in [0.2, 0.25) is 0 Å². The van der Waals surface area contributed by atoms with E-state index in [1.54, 1.807) is 86.7 Å². The highest BCUT2D eigenvalue weighted by molar-refractivity contribution is 8.76. The van der Waals surface area contributed by atoms with Gasteiger partial charge in [-0.05, 0) is 41.5 Å². The van der Waals surface area contributed by atoms with Crippen LogP contribution in [0.5, 0.6) is 0 Å². The van der Waals surface area contributed by atoms with E-state index in [1.165, 1.54) is 0 Å². The summed E-state index contributed by atoms with van der Waals surface area (Å²) in [5.41, 5.74) is 10.9. The number of amides is 2. The van der Waals surface area contributed by atoms with Gasteiger partial charge in [-0.3, -0.25) is 0 Å². The second-order valence-electron chi connectivity index (χ2n) is 17.6. The van der Waals surface area contributed by atoms with E-state index in [1.807, 2.05) is 55.4 Å². The van der Waals surface area contributed by atoms with Crippen molar-refractivity contribution < 1.29 is 37.2 Å². The van der Waals surface area contributed by atoms with Gasteiger partial charge in [0.2, 0.25) is 23.6 Å². The van der Waals surface area contributed by atoms with Gasteiger partial charge in [-0.1, -0.05) is 97.6 Å². The Hall–Kier alpha value is -3.29. The van der Waals surface area contributed by atoms with Crippen molar-refractivity contribution in [1.29, 1.82) is 0 Å². The highest BCUT2D eigenvalue weighted by Crippen LogP contribution is 2.30. The number of aromatic nitrogens is 8. The van der Waals surface area contributed by atoms with E-state index in [0.29, 0.717) is 75.0 Å². The number of hydrogen-bond donors (Lipinski definition) is 4. The van der Waals surface area contributed by atoms with Gasteiger partial charge >= 0.3 is 12.2 Å². The predicted octanol–water partition coefficient (Wildman–Crippen LogP) is 9.16. The number of halogens is 1. The number of carbonyl (C=O) groups excluding carboxylic acids is 2. The molecule has 4 heterocycles. The first-order valence-corrected chi connectivity index (χ1v) is 25.5. The van der Waals surface area contributed by atoms with Crippen molar-refractivity contribution in [3.05, 3.63) is 46.9 Å². The molecule has 0 bridgehead atoms. The van der Waals surface area contributed by atoms with Gasteiger partial charge in [-0.15, -0.1) is 35.9 Å². The van der Waals surface area contributed by atoms with Crippen LogP contribution in [-0.4, -0.2) is 92.0 Å². The molecule has 2 amide bonds. The van der Waals surface area contributed by atoms with E-state index in [-0.39, 0.29) is 48.2 Å². The smallest absolute Gasteiger partial charge is 0.408 e. The standard InChI is InChI=1S/C25H42N6O6S2.C14H24N6O2S2.ClH/c1-14(2)18-28-20(36-30-18)16(26-22(32)34-24(5,6)7)11-38-13-39-12-17(27-23(33)35-25(8,9)10)21-29-19(15(3)4)31-37-21;1-7(2)11-17-13(21-19-11)9(15)5-23-24-6-10(16)14-18-12(8(3)4)20-22-14;/h14-17H,11-13H2,1-10H3,(H,26,32)(H,27,33);7-10H,5-6,15-16H2,1-4H3;1H/t16-,17-;9-,10-;/m00./s1. The van der Waals surface area contributed by atoms with E-state index in [0.717, 1.165) is 0 Å². The van der Waals surface area contributed by atoms with Crippen molar-refractivity contribution in [2.45, 2.75) is 156 Å². The van der Waals surface area contributed by atoms with Crippen LogP contribution in [0.25, 0.3) is 0 Å². The third-order valence-electron chi connectivity index (χ3n) is 7.82. The number of alkyl carbamates (subject to hydrolysis) is 2. The van der Waals surface area contributed by atoms with Gasteiger partial charge in [0.25, 0.3) is 0 Å². The first-order chi connectivity index (χ1) is 29.4. The molecule has 0 aliphatic heterocycles. The fraction of sp³-hybridized carbons (Fsp3) is 0.744. The Balaban J connectivity index is 0.000000482. The molecule has 25 heteroatoms. The molecule has 0 aromatic carbocycles. The van der Waals surface area contributed by atoms with Crippen LogP contribution in [-0.2, 0) is 9.47 Å². The Morgan fingerprint density at radius 1 is 0.531 bits per heavy atom. The van der Waals surface area contributed by atoms with Crippen LogP contribution in [0.4, 0.5) is 9.59 Å². The van der Waals surface area contributed by atoms with Crippen LogP contribution in [0.1, 0.15) is 192 Å². The van der Waals surface area contributed by atoms with Gasteiger partial charge in [-0.25, -0.2) is 9.59 Å². The summed E-state index contributed by atoms with van der Waals surface area (Å²) in [5.74, 6) is 6.91. The highest BCUT2D eigenvalue weighted by Gasteiger charge is 2.28. The number of ether oxygens (including phenoxy) is 2. The summed E-state index contributed by atoms with van der Waals surface area (Å²) in [6.07, 6.45) is -1.13. The van der Waals surface area contributed by atoms with Crippen LogP contribution in [0.3, 0.4) is 0 Å². The lowest BCUT2D eigenvalue weighted by molar-refractivity contribution is 0.0489. The summed E-state index contributed by atoms with van der Waals surface area (Å²) >= 11 is 3.13. The molecule has 0 saturated carbocycles. The van der Waals surface area contributed by atoms with Crippen LogP contribution < -0.4 is 22.1 Å². The number of nitrogens with one attached hydrogen (secondary N) is 2. The zero-order valence-corrected chi connectivity index (χ0v) is 43.3. The molecule has 4 aromatic heterocycles. The molecule has 20 nitrogen and oxygen atoms in total. The maximum Gasteiger partial charge on any atom is 0.408 e. The first-order valence-electron chi connectivity index (χ1n) is 20.7. The molecule has 0 unspecified atom stereocenters. The number of nitrogens with two attached hydrogens (primary N) is 2. The minimum absolute atomic E-state index is 0. The Morgan fingerprint density at radius 3 is 1.08 bits per heavy atom. The van der Waals surface area contributed by atoms with E-state index in [2.05, 4.69) is 51.2 Å². The Kier molecular flexibility index (Phi) is 23.8. The summed E-state index contributed by atoms with van der Waals surface area (Å²) in [4.78, 5) is 42.4. The van der Waals surface area contributed by atoms with Gasteiger partial charge < -0.3 is 49.7 Å². The second kappa shape index (κ2) is 26.8. The Bertz CT molecular complexity index is 1830. The lowest BCUT2D eigenvalue weighted by Crippen LogP contribution is -2.36. The van der Waals surface area contributed by atoms with Crippen molar-refractivity contribution >= 4 is 69.7 Å². The van der Waals surface area contributed by atoms with Crippen molar-refractivity contribution in [2.24, 2.45) is 11.5 Å². The number of rotatable bonds is 21. The third kappa shape index (κ3) is 20.5. The highest BCUT2D eigenvalue weighted by atomic mass is 35.5. The number of nitrogens with zero attached hydrogens (tertiary/aromatic N) is 8. The van der Waals surface area contributed by atoms with Gasteiger partial charge in [-0.2, -0.15) is 19.9 Å². The monoisotopic (exact) mass is 994 g/mol. The molecule has 0 aliphatic rings. The molecule has 4 rings (SSSR count). The van der Waals surface area contributed by atoms with Crippen LogP contribution in [0, 0.1) is 0 Å². The van der Waals surface area contributed by atoms with E-state index in [4.69, 9.17) is 39.0 Å². The maximum absolute atomic E-state index is 12.5. The summed E-state index contributed by atoms with van der Waals surface area (Å²) in [6.45, 7) is 26.7. The third-order valence-corrected chi connectivity index (χ3v) is 12.8. The molecule has 64 heavy (non-hydrogen) atoms. The molecular weight excluding hydrogens is 928 g/mol. The summed E-state index contributed by atoms with van der Waals surface area (Å²) in [5, 5.41) is 22.2. The summed E-state index contributed by atoms with van der Waals surface area (Å²) in [6, 6.07) is -1.67. The van der Waals surface area contributed by atoms with Crippen molar-refractivity contribution in [3.63, 3.8) is 0 Å². The molecule has 362 valence electrons. The molecule has 0 saturated heterocycles. The van der Waals surface area contributed by atoms with Gasteiger partial charge in [0.15, 0.2) is 23.3 Å². The average Bonchev–Trinajstić information content (AvgIpc) is 4.01. The largest absolute Gasteiger partial charge is 0.444 e. The normalized spacial score (nSPS) is 13.9. The molecule has 0 fully saturated rings. The Labute approximate surface area is 398 Å². The molecular formula is C39H67ClN12O8S4. The SMILES string of the molecule is CC(C)c1noc([C@@H](N)CSSC[C@H](N)c2nc(C(C)C)no2)n1.CC(C)c1noc([C@H](CSCSC[C@H](NC(=O)OC(C)(C)C)c2nc(C(C)C)no2)NC(=O)OC(C)(C)C)n1.Cl. The molecule has 4 atom stereocenters. The molecule has 0 aliphatic carbocycles. The topological polar surface area (TPSA) is 284 Å². The lowest BCUT2D eigenvalue weighted by atomic mass is 10.2. The quantitative estimate of drug-likeness (QED) is 0.0344. The van der Waals surface area contributed by atoms with Gasteiger partial charge in [0.05, 0.1) is 12.1 Å². The van der Waals surface area contributed by atoms with E-state index < -0.39 is 35.5 Å². The molecule has 4 aromatic rings. The lowest BCUT2D eigenvalue weighted by Gasteiger charge is -2.22. The zero-order chi connectivity index (χ0) is 47.1. The second-order valence-corrected chi connectivity index (χ2v) is 22.6. The minimum Gasteiger partial charge on any atom is -0.444 e. The molecule has 0 radical (unpaired) electrons. The Morgan fingerprint density at radius 2 is 0.812 bits per heavy atom. The van der Waals surface area contributed by atoms with Crippen molar-refractivity contribution in [3.8, 4) is 0 Å². The van der Waals surface area contributed by atoms with E-state index >= 15 is 0 Å². The first kappa shape index (κ1) is 56.8. The van der Waals surface area contributed by atoms with Gasteiger partial charge in [0, 0.05) is 51.8 Å². The molecule has 6 N–H and O–H groups in total. The van der Waals surface area contributed by atoms with Crippen LogP contribution in [0.15, 0.2) is 18.1 Å². The number of carbonyl (C=O) groups is 2. The zero-order valence-electron chi connectivity index (χ0n) is 39.2. The van der Waals surface area contributed by atoms with Crippen LogP contribution >= 0.6 is 57.5 Å². The number of hydrogen-bond acceptors (Lipinski definition) is 22. The number of thioether (sulfide) groups is 2. The maximum atomic E-state index is 12.5. The molecule has 0 spiro atoms. The minimum atomic E-state index is -0.643. The summed E-state index contributed by atoms with van der Waals surface area (Å²) in [7, 11) is 3.21. The van der Waals surface area contributed by atoms with Crippen molar-refractivity contribution in [2.75, 3.05) is 28.1 Å². The van der Waals surface area contributed by atoms with E-state index in [9.17, 15) is 9.59 Å². The van der Waals surface area contributed by atoms with Gasteiger partial charge in [0.1, 0.15) is 23.3 Å². The van der Waals surface area contributed by atoms with Crippen molar-refractivity contribution in [1.82, 2.24) is 51.2 Å². The fourth-order valence-corrected chi connectivity index (χ4v) is 8.93. The predicted molar refractivity (Wildman–Crippen MR) is 254 cm³/mol. The fourth-order valence-electron chi connectivity index (χ4n) is 4.54.